The molecule has 0 atom stereocenters. The Hall–Kier alpha value is -1.62. The summed E-state index contributed by atoms with van der Waals surface area (Å²) < 4.78 is 34.6. The lowest BCUT2D eigenvalue weighted by atomic mass is 10.3. The quantitative estimate of drug-likeness (QED) is 0.570. The molecule has 30 heavy (non-hydrogen) atoms. The van der Waals surface area contributed by atoms with Crippen LogP contribution < -0.4 is 0 Å². The van der Waals surface area contributed by atoms with Gasteiger partial charge in [0.05, 0.1) is 34.9 Å². The van der Waals surface area contributed by atoms with Crippen LogP contribution in [-0.4, -0.2) is 78.2 Å². The topological polar surface area (TPSA) is 84.7 Å². The average Bonchev–Trinajstić information content (AvgIpc) is 3.11. The van der Waals surface area contributed by atoms with Gasteiger partial charge in [-0.15, -0.1) is 0 Å². The highest BCUT2D eigenvalue weighted by Crippen LogP contribution is 2.30. The number of fused-ring (bicyclic) bond motifs is 1. The number of carbonyl (C=O) groups excluding carboxylic acids is 1. The van der Waals surface area contributed by atoms with Gasteiger partial charge in [-0.2, -0.15) is 4.31 Å². The van der Waals surface area contributed by atoms with Gasteiger partial charge in [-0.05, 0) is 32.0 Å². The van der Waals surface area contributed by atoms with E-state index in [0.29, 0.717) is 50.7 Å². The van der Waals surface area contributed by atoms with Crippen LogP contribution in [-0.2, 0) is 19.6 Å². The summed E-state index contributed by atoms with van der Waals surface area (Å²) in [6.07, 6.45) is 0. The second-order valence-electron chi connectivity index (χ2n) is 7.38. The largest absolute Gasteiger partial charge is 0.378 e. The molecule has 0 bridgehead atoms. The van der Waals surface area contributed by atoms with Crippen molar-refractivity contribution in [2.75, 3.05) is 45.1 Å². The highest BCUT2D eigenvalue weighted by molar-refractivity contribution is 7.99. The Balaban J connectivity index is 1.89. The molecule has 2 heterocycles. The zero-order valence-electron chi connectivity index (χ0n) is 18.0. The smallest absolute Gasteiger partial charge is 0.243 e. The summed E-state index contributed by atoms with van der Waals surface area (Å²) in [6.45, 7) is 11.0. The number of ether oxygens (including phenoxy) is 1. The first kappa shape index (κ1) is 23.1. The van der Waals surface area contributed by atoms with Crippen molar-refractivity contribution in [2.45, 2.75) is 43.8 Å². The van der Waals surface area contributed by atoms with Gasteiger partial charge in [-0.1, -0.05) is 25.6 Å². The molecule has 1 fully saturated rings. The highest BCUT2D eigenvalue weighted by Gasteiger charge is 2.24. The van der Waals surface area contributed by atoms with E-state index >= 15 is 0 Å². The predicted molar refractivity (Wildman–Crippen MR) is 118 cm³/mol. The van der Waals surface area contributed by atoms with Crippen LogP contribution in [0.15, 0.2) is 28.3 Å². The fourth-order valence-electron chi connectivity index (χ4n) is 3.56. The first-order valence-electron chi connectivity index (χ1n) is 10.3. The van der Waals surface area contributed by atoms with Gasteiger partial charge in [0.25, 0.3) is 0 Å². The second-order valence-corrected chi connectivity index (χ2v) is 10.3. The second kappa shape index (κ2) is 9.67. The van der Waals surface area contributed by atoms with Crippen LogP contribution in [0.2, 0.25) is 0 Å². The number of amides is 1. The van der Waals surface area contributed by atoms with Crippen molar-refractivity contribution in [3.05, 3.63) is 18.2 Å². The normalized spacial score (nSPS) is 15.5. The van der Waals surface area contributed by atoms with E-state index in [0.717, 1.165) is 10.7 Å². The molecule has 1 aliphatic heterocycles. The van der Waals surface area contributed by atoms with Gasteiger partial charge in [-0.25, -0.2) is 13.4 Å². The first-order chi connectivity index (χ1) is 14.3. The molecule has 2 aromatic rings. The minimum absolute atomic E-state index is 0.0652. The van der Waals surface area contributed by atoms with Crippen LogP contribution in [0, 0.1) is 0 Å². The summed E-state index contributed by atoms with van der Waals surface area (Å²) in [5.74, 6) is 0.358. The maximum Gasteiger partial charge on any atom is 0.243 e. The van der Waals surface area contributed by atoms with Crippen molar-refractivity contribution in [1.29, 1.82) is 0 Å². The molecule has 0 saturated carbocycles. The molecule has 0 aliphatic carbocycles. The number of imidazole rings is 1. The van der Waals surface area contributed by atoms with E-state index in [4.69, 9.17) is 4.74 Å². The Kier molecular flexibility index (Phi) is 7.43. The molecule has 1 aliphatic rings. The predicted octanol–water partition coefficient (Wildman–Crippen LogP) is 2.60. The van der Waals surface area contributed by atoms with Gasteiger partial charge >= 0.3 is 0 Å². The number of carbonyl (C=O) groups is 1. The Morgan fingerprint density at radius 2 is 1.90 bits per heavy atom. The molecule has 1 saturated heterocycles. The van der Waals surface area contributed by atoms with E-state index < -0.39 is 10.0 Å². The van der Waals surface area contributed by atoms with Crippen LogP contribution in [0.4, 0.5) is 0 Å². The summed E-state index contributed by atoms with van der Waals surface area (Å²) in [5.41, 5.74) is 1.49. The van der Waals surface area contributed by atoms with Crippen molar-refractivity contribution in [3.8, 4) is 0 Å². The van der Waals surface area contributed by atoms with Crippen molar-refractivity contribution in [3.63, 3.8) is 0 Å². The van der Waals surface area contributed by atoms with Gasteiger partial charge < -0.3 is 14.2 Å². The maximum absolute atomic E-state index is 12.9. The number of hydrogen-bond acceptors (Lipinski definition) is 6. The Morgan fingerprint density at radius 3 is 2.50 bits per heavy atom. The van der Waals surface area contributed by atoms with Gasteiger partial charge in [-0.3, -0.25) is 4.79 Å². The van der Waals surface area contributed by atoms with Crippen LogP contribution in [0.25, 0.3) is 11.0 Å². The summed E-state index contributed by atoms with van der Waals surface area (Å²) >= 11 is 1.39. The van der Waals surface area contributed by atoms with E-state index in [9.17, 15) is 13.2 Å². The highest BCUT2D eigenvalue weighted by atomic mass is 32.2. The fourth-order valence-corrected chi connectivity index (χ4v) is 6.09. The lowest BCUT2D eigenvalue weighted by Gasteiger charge is -2.26. The molecule has 8 nitrogen and oxygen atoms in total. The number of aromatic nitrogens is 2. The van der Waals surface area contributed by atoms with E-state index in [1.807, 2.05) is 24.8 Å². The third-order valence-corrected chi connectivity index (χ3v) is 8.16. The lowest BCUT2D eigenvalue weighted by Crippen LogP contribution is -2.41. The molecule has 10 heteroatoms. The number of benzene rings is 1. The van der Waals surface area contributed by atoms with E-state index in [1.54, 1.807) is 12.1 Å². The molecule has 1 aromatic carbocycles. The molecule has 0 N–H and O–H groups in total. The number of sulfonamides is 1. The molecule has 0 unspecified atom stereocenters. The van der Waals surface area contributed by atoms with E-state index in [2.05, 4.69) is 23.4 Å². The van der Waals surface area contributed by atoms with Gasteiger partial charge in [0.15, 0.2) is 5.16 Å². The molecule has 0 spiro atoms. The number of rotatable bonds is 8. The molecule has 3 rings (SSSR count). The minimum atomic E-state index is -3.55. The van der Waals surface area contributed by atoms with E-state index in [1.165, 1.54) is 16.1 Å². The monoisotopic (exact) mass is 454 g/mol. The van der Waals surface area contributed by atoms with Crippen molar-refractivity contribution < 1.29 is 17.9 Å². The minimum Gasteiger partial charge on any atom is -0.378 e. The van der Waals surface area contributed by atoms with Gasteiger partial charge in [0.2, 0.25) is 15.9 Å². The molecular weight excluding hydrogens is 424 g/mol. The summed E-state index contributed by atoms with van der Waals surface area (Å²) in [5, 5.41) is 0.721. The van der Waals surface area contributed by atoms with Crippen LogP contribution in [0.3, 0.4) is 0 Å². The molecule has 1 aromatic heterocycles. The maximum atomic E-state index is 12.9. The first-order valence-corrected chi connectivity index (χ1v) is 12.7. The van der Waals surface area contributed by atoms with Gasteiger partial charge in [0, 0.05) is 32.2 Å². The number of nitrogens with zero attached hydrogens (tertiary/aromatic N) is 4. The number of morpholine rings is 1. The zero-order chi connectivity index (χ0) is 21.9. The third kappa shape index (κ3) is 4.66. The lowest BCUT2D eigenvalue weighted by molar-refractivity contribution is -0.132. The molecule has 0 radical (unpaired) electrons. The van der Waals surface area contributed by atoms with Gasteiger partial charge in [0.1, 0.15) is 0 Å². The molecular formula is C20H30N4O4S2. The summed E-state index contributed by atoms with van der Waals surface area (Å²) in [6, 6.07) is 5.22. The third-order valence-electron chi connectivity index (χ3n) is 5.18. The van der Waals surface area contributed by atoms with Crippen molar-refractivity contribution in [2.24, 2.45) is 0 Å². The number of hydrogen-bond donors (Lipinski definition) is 0. The van der Waals surface area contributed by atoms with Crippen LogP contribution in [0.1, 0.15) is 33.7 Å². The van der Waals surface area contributed by atoms with Crippen LogP contribution in [0.5, 0.6) is 0 Å². The summed E-state index contributed by atoms with van der Waals surface area (Å²) in [4.78, 5) is 19.3. The Bertz CT molecular complexity index is 994. The molecule has 166 valence electrons. The Morgan fingerprint density at radius 1 is 1.23 bits per heavy atom. The Labute approximate surface area is 182 Å². The standard InChI is InChI=1S/C20H30N4O4S2/c1-5-23(6-2)30(26,27)16-7-8-18-17(13-16)21-20(24(18)15(3)4)29-14-19(25)22-9-11-28-12-10-22/h7-8,13,15H,5-6,9-12,14H2,1-4H3. The molecule has 1 amide bonds. The van der Waals surface area contributed by atoms with E-state index in [-0.39, 0.29) is 16.8 Å². The SMILES string of the molecule is CCN(CC)S(=O)(=O)c1ccc2c(c1)nc(SCC(=O)N1CCOCC1)n2C(C)C. The van der Waals surface area contributed by atoms with Crippen molar-refractivity contribution >= 4 is 38.7 Å². The number of thioether (sulfide) groups is 1. The fraction of sp³-hybridized carbons (Fsp3) is 0.600. The zero-order valence-corrected chi connectivity index (χ0v) is 19.6. The van der Waals surface area contributed by atoms with Crippen LogP contribution >= 0.6 is 11.8 Å². The summed E-state index contributed by atoms with van der Waals surface area (Å²) in [7, 11) is -3.55. The average molecular weight is 455 g/mol. The van der Waals surface area contributed by atoms with Crippen molar-refractivity contribution in [1.82, 2.24) is 18.8 Å².